The SMILES string of the molecule is CCC1OC(=O)CC(=O)C(C)C(C)C(C)CCC(=O)C(C)CC1C. The number of Topliss-reactive ketones (excluding diaryl/α,β-unsaturated/α-hetero) is 2. The monoisotopic (exact) mass is 338 g/mol. The maximum absolute atomic E-state index is 12.4. The van der Waals surface area contributed by atoms with Gasteiger partial charge in [0.2, 0.25) is 0 Å². The Morgan fingerprint density at radius 3 is 2.17 bits per heavy atom. The summed E-state index contributed by atoms with van der Waals surface area (Å²) in [5.41, 5.74) is 0. The quantitative estimate of drug-likeness (QED) is 0.531. The third kappa shape index (κ3) is 5.71. The summed E-state index contributed by atoms with van der Waals surface area (Å²) < 4.78 is 5.55. The number of carbonyl (C=O) groups is 3. The second kappa shape index (κ2) is 9.33. The van der Waals surface area contributed by atoms with Crippen LogP contribution in [-0.4, -0.2) is 23.6 Å². The van der Waals surface area contributed by atoms with Crippen molar-refractivity contribution in [3.8, 4) is 0 Å². The van der Waals surface area contributed by atoms with E-state index >= 15 is 0 Å². The fourth-order valence-corrected chi connectivity index (χ4v) is 3.62. The lowest BCUT2D eigenvalue weighted by Crippen LogP contribution is -2.31. The first-order chi connectivity index (χ1) is 11.2. The second-order valence-corrected chi connectivity index (χ2v) is 7.82. The molecule has 24 heavy (non-hydrogen) atoms. The van der Waals surface area contributed by atoms with Gasteiger partial charge in [0.25, 0.3) is 0 Å². The van der Waals surface area contributed by atoms with Gasteiger partial charge in [0.15, 0.2) is 0 Å². The third-order valence-corrected chi connectivity index (χ3v) is 5.95. The summed E-state index contributed by atoms with van der Waals surface area (Å²) in [5, 5.41) is 0. The molecule has 0 N–H and O–H groups in total. The van der Waals surface area contributed by atoms with E-state index in [4.69, 9.17) is 4.74 Å². The average Bonchev–Trinajstić information content (AvgIpc) is 2.54. The van der Waals surface area contributed by atoms with Crippen molar-refractivity contribution in [1.29, 1.82) is 0 Å². The van der Waals surface area contributed by atoms with Gasteiger partial charge >= 0.3 is 5.97 Å². The molecule has 138 valence electrons. The van der Waals surface area contributed by atoms with Gasteiger partial charge in [-0.25, -0.2) is 0 Å². The lowest BCUT2D eigenvalue weighted by Gasteiger charge is -2.28. The molecule has 6 unspecified atom stereocenters. The Morgan fingerprint density at radius 2 is 1.58 bits per heavy atom. The van der Waals surface area contributed by atoms with Crippen molar-refractivity contribution < 1.29 is 19.1 Å². The minimum absolute atomic E-state index is 0.0164. The molecule has 0 aromatic rings. The average molecular weight is 338 g/mol. The molecule has 0 aromatic heterocycles. The van der Waals surface area contributed by atoms with E-state index in [-0.39, 0.29) is 53.7 Å². The highest BCUT2D eigenvalue weighted by molar-refractivity contribution is 5.96. The Kier molecular flexibility index (Phi) is 8.11. The maximum atomic E-state index is 12.4. The summed E-state index contributed by atoms with van der Waals surface area (Å²) >= 11 is 0. The molecule has 1 aliphatic rings. The van der Waals surface area contributed by atoms with E-state index in [2.05, 4.69) is 6.92 Å². The number of hydrogen-bond donors (Lipinski definition) is 0. The van der Waals surface area contributed by atoms with Crippen LogP contribution < -0.4 is 0 Å². The number of esters is 1. The smallest absolute Gasteiger partial charge is 0.313 e. The maximum Gasteiger partial charge on any atom is 0.313 e. The van der Waals surface area contributed by atoms with Gasteiger partial charge in [0.05, 0.1) is 0 Å². The van der Waals surface area contributed by atoms with Crippen LogP contribution in [0.5, 0.6) is 0 Å². The third-order valence-electron chi connectivity index (χ3n) is 5.95. The van der Waals surface area contributed by atoms with Crippen LogP contribution in [0.25, 0.3) is 0 Å². The molecule has 1 rings (SSSR count). The lowest BCUT2D eigenvalue weighted by atomic mass is 9.78. The summed E-state index contributed by atoms with van der Waals surface area (Å²) in [6.45, 7) is 12.0. The zero-order valence-corrected chi connectivity index (χ0v) is 16.1. The standard InChI is InChI=1S/C20H34O4/c1-7-19-14(4)10-13(3)17(21)9-8-12(2)15(5)16(6)18(22)11-20(23)24-19/h12-16,19H,7-11H2,1-6H3. The topological polar surface area (TPSA) is 60.4 Å². The predicted molar refractivity (Wildman–Crippen MR) is 94.5 cm³/mol. The highest BCUT2D eigenvalue weighted by atomic mass is 16.5. The molecule has 6 atom stereocenters. The van der Waals surface area contributed by atoms with Crippen molar-refractivity contribution in [1.82, 2.24) is 0 Å². The number of hydrogen-bond acceptors (Lipinski definition) is 4. The molecule has 1 aliphatic heterocycles. The Labute approximate surface area is 146 Å². The molecule has 4 nitrogen and oxygen atoms in total. The molecule has 0 saturated carbocycles. The van der Waals surface area contributed by atoms with Crippen molar-refractivity contribution in [3.05, 3.63) is 0 Å². The van der Waals surface area contributed by atoms with E-state index in [0.29, 0.717) is 12.8 Å². The van der Waals surface area contributed by atoms with Crippen LogP contribution in [0.4, 0.5) is 0 Å². The first-order valence-electron chi connectivity index (χ1n) is 9.42. The van der Waals surface area contributed by atoms with E-state index in [1.165, 1.54) is 0 Å². The van der Waals surface area contributed by atoms with Crippen molar-refractivity contribution in [3.63, 3.8) is 0 Å². The first-order valence-corrected chi connectivity index (χ1v) is 9.42. The van der Waals surface area contributed by atoms with Gasteiger partial charge in [-0.1, -0.05) is 41.5 Å². The summed E-state index contributed by atoms with van der Waals surface area (Å²) in [5.74, 6) is 0.123. The summed E-state index contributed by atoms with van der Waals surface area (Å²) in [6.07, 6.45) is 2.42. The second-order valence-electron chi connectivity index (χ2n) is 7.82. The number of ketones is 2. The van der Waals surface area contributed by atoms with Gasteiger partial charge in [-0.15, -0.1) is 0 Å². The molecule has 0 bridgehead atoms. The van der Waals surface area contributed by atoms with Gasteiger partial charge in [0, 0.05) is 18.3 Å². The van der Waals surface area contributed by atoms with Crippen LogP contribution in [0.3, 0.4) is 0 Å². The minimum atomic E-state index is -0.429. The van der Waals surface area contributed by atoms with Crippen molar-refractivity contribution in [2.24, 2.45) is 29.6 Å². The van der Waals surface area contributed by atoms with Crippen LogP contribution in [0.2, 0.25) is 0 Å². The lowest BCUT2D eigenvalue weighted by molar-refractivity contribution is -0.154. The van der Waals surface area contributed by atoms with Crippen LogP contribution in [-0.2, 0) is 19.1 Å². The van der Waals surface area contributed by atoms with E-state index in [0.717, 1.165) is 12.8 Å². The molecule has 4 heteroatoms. The molecule has 0 amide bonds. The Morgan fingerprint density at radius 1 is 0.958 bits per heavy atom. The van der Waals surface area contributed by atoms with Crippen molar-refractivity contribution in [2.45, 2.75) is 79.8 Å². The van der Waals surface area contributed by atoms with Gasteiger partial charge in [-0.3, -0.25) is 14.4 Å². The molecule has 0 radical (unpaired) electrons. The number of ether oxygens (including phenoxy) is 1. The highest BCUT2D eigenvalue weighted by Crippen LogP contribution is 2.29. The van der Waals surface area contributed by atoms with Gasteiger partial charge in [-0.2, -0.15) is 0 Å². The summed E-state index contributed by atoms with van der Waals surface area (Å²) in [6, 6.07) is 0. The largest absolute Gasteiger partial charge is 0.462 e. The van der Waals surface area contributed by atoms with Crippen LogP contribution in [0.15, 0.2) is 0 Å². The highest BCUT2D eigenvalue weighted by Gasteiger charge is 2.30. The molecule has 0 spiro atoms. The summed E-state index contributed by atoms with van der Waals surface area (Å²) in [4.78, 5) is 36.9. The van der Waals surface area contributed by atoms with Gasteiger partial charge in [-0.05, 0) is 37.0 Å². The first kappa shape index (κ1) is 20.9. The van der Waals surface area contributed by atoms with Crippen LogP contribution >= 0.6 is 0 Å². The number of rotatable bonds is 1. The zero-order chi connectivity index (χ0) is 18.4. The van der Waals surface area contributed by atoms with Crippen LogP contribution in [0, 0.1) is 29.6 Å². The fourth-order valence-electron chi connectivity index (χ4n) is 3.62. The molecule has 0 aliphatic carbocycles. The molecular weight excluding hydrogens is 304 g/mol. The van der Waals surface area contributed by atoms with Crippen molar-refractivity contribution >= 4 is 17.5 Å². The van der Waals surface area contributed by atoms with Crippen LogP contribution in [0.1, 0.15) is 73.6 Å². The number of carbonyl (C=O) groups excluding carboxylic acids is 3. The van der Waals surface area contributed by atoms with E-state index < -0.39 is 5.97 Å². The molecule has 1 saturated heterocycles. The Hall–Kier alpha value is -1.19. The Balaban J connectivity index is 2.96. The van der Waals surface area contributed by atoms with E-state index in [9.17, 15) is 14.4 Å². The van der Waals surface area contributed by atoms with Crippen molar-refractivity contribution in [2.75, 3.05) is 0 Å². The molecule has 0 aromatic carbocycles. The normalized spacial score (nSPS) is 37.7. The Bertz CT molecular complexity index is 457. The van der Waals surface area contributed by atoms with E-state index in [1.54, 1.807) is 0 Å². The molecule has 1 heterocycles. The van der Waals surface area contributed by atoms with E-state index in [1.807, 2.05) is 34.6 Å². The molecular formula is C20H34O4. The number of cyclic esters (lactones) is 1. The van der Waals surface area contributed by atoms with Gasteiger partial charge in [0.1, 0.15) is 24.1 Å². The minimum Gasteiger partial charge on any atom is -0.462 e. The zero-order valence-electron chi connectivity index (χ0n) is 16.1. The predicted octanol–water partition coefficient (Wildman–Crippen LogP) is 4.20. The molecule has 1 fully saturated rings. The summed E-state index contributed by atoms with van der Waals surface area (Å²) in [7, 11) is 0. The fraction of sp³-hybridized carbons (Fsp3) is 0.850. The van der Waals surface area contributed by atoms with Gasteiger partial charge < -0.3 is 4.74 Å².